The summed E-state index contributed by atoms with van der Waals surface area (Å²) in [7, 11) is 0. The lowest BCUT2D eigenvalue weighted by molar-refractivity contribution is -0.142. The number of nitrogens with zero attached hydrogens (tertiary/aromatic N) is 1. The topological polar surface area (TPSA) is 40.6 Å². The summed E-state index contributed by atoms with van der Waals surface area (Å²) in [6, 6.07) is 9.89. The first kappa shape index (κ1) is 14.8. The summed E-state index contributed by atoms with van der Waals surface area (Å²) in [6.07, 6.45) is 2.30. The molecule has 0 fully saturated rings. The van der Waals surface area contributed by atoms with Crippen molar-refractivity contribution >= 4 is 10.9 Å². The molecule has 0 radical (unpaired) electrons. The zero-order chi connectivity index (χ0) is 14.2. The van der Waals surface area contributed by atoms with Crippen molar-refractivity contribution in [3.8, 4) is 5.75 Å². The van der Waals surface area contributed by atoms with Crippen LogP contribution in [-0.4, -0.2) is 31.1 Å². The summed E-state index contributed by atoms with van der Waals surface area (Å²) in [5.74, 6) is 0.822. The van der Waals surface area contributed by atoms with Crippen molar-refractivity contribution in [2.45, 2.75) is 26.6 Å². The number of rotatable bonds is 8. The summed E-state index contributed by atoms with van der Waals surface area (Å²) >= 11 is 0. The first-order valence-electron chi connectivity index (χ1n) is 7.04. The maximum atomic E-state index is 5.74. The lowest BCUT2D eigenvalue weighted by Gasteiger charge is -2.17. The number of benzene rings is 1. The second-order valence-electron chi connectivity index (χ2n) is 4.34. The molecule has 0 unspecified atom stereocenters. The van der Waals surface area contributed by atoms with E-state index in [0.717, 1.165) is 16.7 Å². The number of fused-ring (bicyclic) bond motifs is 1. The van der Waals surface area contributed by atoms with Crippen LogP contribution in [-0.2, 0) is 9.47 Å². The van der Waals surface area contributed by atoms with E-state index in [1.165, 1.54) is 0 Å². The van der Waals surface area contributed by atoms with Gasteiger partial charge in [-0.25, -0.2) is 0 Å². The average molecular weight is 275 g/mol. The Kier molecular flexibility index (Phi) is 5.77. The standard InChI is InChI=1S/C16H21NO3/c1-3-18-16(19-4-2)9-11-20-14-8-7-13-6-5-10-17-15(13)12-14/h5-8,10,12,16H,3-4,9,11H2,1-2H3. The van der Waals surface area contributed by atoms with Gasteiger partial charge < -0.3 is 14.2 Å². The highest BCUT2D eigenvalue weighted by Gasteiger charge is 2.08. The quantitative estimate of drug-likeness (QED) is 0.692. The smallest absolute Gasteiger partial charge is 0.160 e. The van der Waals surface area contributed by atoms with Crippen LogP contribution >= 0.6 is 0 Å². The van der Waals surface area contributed by atoms with Gasteiger partial charge in [-0.3, -0.25) is 4.98 Å². The lowest BCUT2D eigenvalue weighted by atomic mass is 10.2. The van der Waals surface area contributed by atoms with Crippen LogP contribution in [0.25, 0.3) is 10.9 Å². The minimum absolute atomic E-state index is 0.191. The number of aromatic nitrogens is 1. The van der Waals surface area contributed by atoms with Crippen molar-refractivity contribution in [2.24, 2.45) is 0 Å². The Morgan fingerprint density at radius 2 is 1.90 bits per heavy atom. The molecule has 2 aromatic rings. The molecule has 0 aliphatic heterocycles. The minimum atomic E-state index is -0.191. The fraction of sp³-hybridized carbons (Fsp3) is 0.438. The molecule has 4 nitrogen and oxygen atoms in total. The third-order valence-corrected chi connectivity index (χ3v) is 2.90. The maximum Gasteiger partial charge on any atom is 0.160 e. The summed E-state index contributed by atoms with van der Waals surface area (Å²) < 4.78 is 16.7. The van der Waals surface area contributed by atoms with Crippen LogP contribution in [0.3, 0.4) is 0 Å². The first-order chi connectivity index (χ1) is 9.83. The summed E-state index contributed by atoms with van der Waals surface area (Å²) in [6.45, 7) is 5.77. The van der Waals surface area contributed by atoms with Crippen LogP contribution in [0.2, 0.25) is 0 Å². The fourth-order valence-corrected chi connectivity index (χ4v) is 2.00. The number of hydrogen-bond donors (Lipinski definition) is 0. The van der Waals surface area contributed by atoms with Gasteiger partial charge >= 0.3 is 0 Å². The molecule has 1 heterocycles. The van der Waals surface area contributed by atoms with E-state index in [0.29, 0.717) is 26.2 Å². The molecule has 0 aliphatic rings. The number of pyridine rings is 1. The molecule has 0 N–H and O–H groups in total. The highest BCUT2D eigenvalue weighted by atomic mass is 16.7. The van der Waals surface area contributed by atoms with Gasteiger partial charge in [-0.1, -0.05) is 6.07 Å². The van der Waals surface area contributed by atoms with Crippen molar-refractivity contribution in [2.75, 3.05) is 19.8 Å². The van der Waals surface area contributed by atoms with Crippen molar-refractivity contribution in [3.63, 3.8) is 0 Å². The Balaban J connectivity index is 1.88. The average Bonchev–Trinajstić information content (AvgIpc) is 2.47. The molecule has 0 spiro atoms. The highest BCUT2D eigenvalue weighted by molar-refractivity contribution is 5.79. The van der Waals surface area contributed by atoms with E-state index < -0.39 is 0 Å². The van der Waals surface area contributed by atoms with Crippen LogP contribution in [0.1, 0.15) is 20.3 Å². The molecule has 2 rings (SSSR count). The highest BCUT2D eigenvalue weighted by Crippen LogP contribution is 2.19. The van der Waals surface area contributed by atoms with Gasteiger partial charge in [0.25, 0.3) is 0 Å². The predicted molar refractivity (Wildman–Crippen MR) is 78.9 cm³/mol. The predicted octanol–water partition coefficient (Wildman–Crippen LogP) is 3.40. The van der Waals surface area contributed by atoms with Gasteiger partial charge in [-0.05, 0) is 32.0 Å². The van der Waals surface area contributed by atoms with Crippen LogP contribution in [0.4, 0.5) is 0 Å². The SMILES string of the molecule is CCOC(CCOc1ccc2cccnc2c1)OCC. The van der Waals surface area contributed by atoms with Crippen molar-refractivity contribution in [1.29, 1.82) is 0 Å². The van der Waals surface area contributed by atoms with Gasteiger partial charge in [-0.15, -0.1) is 0 Å². The molecule has 1 aromatic carbocycles. The monoisotopic (exact) mass is 275 g/mol. The minimum Gasteiger partial charge on any atom is -0.493 e. The molecule has 4 heteroatoms. The van der Waals surface area contributed by atoms with Gasteiger partial charge in [-0.2, -0.15) is 0 Å². The summed E-state index contributed by atoms with van der Waals surface area (Å²) in [5, 5.41) is 1.11. The van der Waals surface area contributed by atoms with E-state index in [2.05, 4.69) is 4.98 Å². The van der Waals surface area contributed by atoms with E-state index >= 15 is 0 Å². The molecule has 0 amide bonds. The number of hydrogen-bond acceptors (Lipinski definition) is 4. The molecule has 0 saturated heterocycles. The van der Waals surface area contributed by atoms with E-state index in [4.69, 9.17) is 14.2 Å². The molecule has 108 valence electrons. The van der Waals surface area contributed by atoms with E-state index in [1.54, 1.807) is 6.20 Å². The molecule has 0 aliphatic carbocycles. The molecule has 0 atom stereocenters. The van der Waals surface area contributed by atoms with Crippen LogP contribution in [0.5, 0.6) is 5.75 Å². The largest absolute Gasteiger partial charge is 0.493 e. The van der Waals surface area contributed by atoms with E-state index in [9.17, 15) is 0 Å². The number of ether oxygens (including phenoxy) is 3. The Morgan fingerprint density at radius 1 is 1.10 bits per heavy atom. The third kappa shape index (κ3) is 4.18. The fourth-order valence-electron chi connectivity index (χ4n) is 2.00. The third-order valence-electron chi connectivity index (χ3n) is 2.90. The zero-order valence-electron chi connectivity index (χ0n) is 12.0. The molecule has 20 heavy (non-hydrogen) atoms. The van der Waals surface area contributed by atoms with Crippen LogP contribution in [0, 0.1) is 0 Å². The Bertz CT molecular complexity index is 524. The zero-order valence-corrected chi connectivity index (χ0v) is 12.0. The normalized spacial score (nSPS) is 11.2. The first-order valence-corrected chi connectivity index (χ1v) is 7.04. The Hall–Kier alpha value is -1.65. The van der Waals surface area contributed by atoms with E-state index in [1.807, 2.05) is 44.2 Å². The molecular formula is C16H21NO3. The van der Waals surface area contributed by atoms with E-state index in [-0.39, 0.29) is 6.29 Å². The lowest BCUT2D eigenvalue weighted by Crippen LogP contribution is -2.20. The van der Waals surface area contributed by atoms with Gasteiger partial charge in [0.2, 0.25) is 0 Å². The summed E-state index contributed by atoms with van der Waals surface area (Å²) in [4.78, 5) is 4.31. The molecule has 0 bridgehead atoms. The maximum absolute atomic E-state index is 5.74. The van der Waals surface area contributed by atoms with Crippen molar-refractivity contribution < 1.29 is 14.2 Å². The molecule has 0 saturated carbocycles. The van der Waals surface area contributed by atoms with Gasteiger partial charge in [0, 0.05) is 37.3 Å². The molecule has 1 aromatic heterocycles. The van der Waals surface area contributed by atoms with Gasteiger partial charge in [0.15, 0.2) is 6.29 Å². The van der Waals surface area contributed by atoms with Crippen molar-refractivity contribution in [1.82, 2.24) is 4.98 Å². The molecular weight excluding hydrogens is 254 g/mol. The van der Waals surface area contributed by atoms with Gasteiger partial charge in [0.1, 0.15) is 5.75 Å². The second kappa shape index (κ2) is 7.82. The second-order valence-corrected chi connectivity index (χ2v) is 4.34. The summed E-state index contributed by atoms with van der Waals surface area (Å²) in [5.41, 5.74) is 0.941. The van der Waals surface area contributed by atoms with Crippen LogP contribution < -0.4 is 4.74 Å². The van der Waals surface area contributed by atoms with Gasteiger partial charge in [0.05, 0.1) is 12.1 Å². The Labute approximate surface area is 119 Å². The van der Waals surface area contributed by atoms with Crippen LogP contribution in [0.15, 0.2) is 36.5 Å². The van der Waals surface area contributed by atoms with Crippen molar-refractivity contribution in [3.05, 3.63) is 36.5 Å². The Morgan fingerprint density at radius 3 is 2.65 bits per heavy atom.